The van der Waals surface area contributed by atoms with E-state index in [1.165, 1.54) is 20.7 Å². The average Bonchev–Trinajstić information content (AvgIpc) is 3.03. The molecule has 4 aromatic rings. The van der Waals surface area contributed by atoms with E-state index >= 15 is 0 Å². The normalized spacial score (nSPS) is 16.2. The van der Waals surface area contributed by atoms with Gasteiger partial charge in [-0.3, -0.25) is 0 Å². The zero-order valence-electron chi connectivity index (χ0n) is 15.9. The Morgan fingerprint density at radius 2 is 2.10 bits per heavy atom. The molecule has 0 bridgehead atoms. The number of rotatable bonds is 2. The van der Waals surface area contributed by atoms with Crippen LogP contribution in [0.5, 0.6) is 0 Å². The average molecular weight is 401 g/mol. The Morgan fingerprint density at radius 3 is 2.93 bits per heavy atom. The highest BCUT2D eigenvalue weighted by atomic mass is 32.1. The number of hydrogen-bond donors (Lipinski definition) is 3. The third-order valence-electron chi connectivity index (χ3n) is 5.12. The quantitative estimate of drug-likeness (QED) is 0.447. The summed E-state index contributed by atoms with van der Waals surface area (Å²) in [6.07, 6.45) is 5.46. The Hall–Kier alpha value is -3.05. The maximum atomic E-state index is 9.46. The first-order valence-electron chi connectivity index (χ1n) is 9.44. The minimum Gasteiger partial charge on any atom is -0.390 e. The fourth-order valence-electron chi connectivity index (χ4n) is 3.67. The van der Waals surface area contributed by atoms with Crippen LogP contribution in [0.3, 0.4) is 0 Å². The second-order valence-corrected chi connectivity index (χ2v) is 8.27. The molecule has 5 rings (SSSR count). The Balaban J connectivity index is 1.67. The van der Waals surface area contributed by atoms with Crippen LogP contribution < -0.4 is 10.6 Å². The number of benzene rings is 1. The first-order valence-corrected chi connectivity index (χ1v) is 10.3. The second kappa shape index (κ2) is 7.08. The van der Waals surface area contributed by atoms with Crippen molar-refractivity contribution < 1.29 is 5.11 Å². The third-order valence-corrected chi connectivity index (χ3v) is 6.28. The van der Waals surface area contributed by atoms with Gasteiger partial charge in [0, 0.05) is 39.5 Å². The van der Waals surface area contributed by atoms with Gasteiger partial charge in [0.2, 0.25) is 5.82 Å². The Kier molecular flexibility index (Phi) is 4.40. The van der Waals surface area contributed by atoms with E-state index < -0.39 is 0 Å². The van der Waals surface area contributed by atoms with Gasteiger partial charge in [0.25, 0.3) is 0 Å². The molecule has 1 aliphatic heterocycles. The Labute approximate surface area is 172 Å². The minimum atomic E-state index is -0.197. The van der Waals surface area contributed by atoms with Gasteiger partial charge >= 0.3 is 0 Å². The summed E-state index contributed by atoms with van der Waals surface area (Å²) in [5.74, 6) is 2.69. The number of thiophene rings is 1. The largest absolute Gasteiger partial charge is 0.390 e. The molecule has 1 aromatic carbocycles. The van der Waals surface area contributed by atoms with Crippen LogP contribution in [0.1, 0.15) is 23.3 Å². The molecule has 0 radical (unpaired) electrons. The molecule has 1 aliphatic rings. The van der Waals surface area contributed by atoms with E-state index in [0.717, 1.165) is 24.0 Å². The van der Waals surface area contributed by atoms with Gasteiger partial charge < -0.3 is 15.7 Å². The number of fused-ring (bicyclic) bond motifs is 5. The molecule has 7 heteroatoms. The van der Waals surface area contributed by atoms with Gasteiger partial charge in [0.05, 0.1) is 34.9 Å². The monoisotopic (exact) mass is 401 g/mol. The lowest BCUT2D eigenvalue weighted by Gasteiger charge is -2.10. The molecule has 4 heterocycles. The van der Waals surface area contributed by atoms with E-state index in [2.05, 4.69) is 45.6 Å². The van der Waals surface area contributed by atoms with Gasteiger partial charge in [-0.25, -0.2) is 15.0 Å². The summed E-state index contributed by atoms with van der Waals surface area (Å²) >= 11 is 1.82. The van der Waals surface area contributed by atoms with Crippen molar-refractivity contribution in [2.24, 2.45) is 0 Å². The summed E-state index contributed by atoms with van der Waals surface area (Å²) in [6.45, 7) is 3.75. The smallest absolute Gasteiger partial charge is 0.205 e. The van der Waals surface area contributed by atoms with Crippen LogP contribution in [-0.2, 0) is 13.2 Å². The Morgan fingerprint density at radius 1 is 1.21 bits per heavy atom. The van der Waals surface area contributed by atoms with Gasteiger partial charge in [-0.15, -0.1) is 17.8 Å². The molecule has 6 nitrogen and oxygen atoms in total. The number of aliphatic hydroxyl groups excluding tert-OH is 1. The topological polar surface area (TPSA) is 83.0 Å². The molecule has 3 aromatic heterocycles. The van der Waals surface area contributed by atoms with Gasteiger partial charge in [-0.2, -0.15) is 0 Å². The summed E-state index contributed by atoms with van der Waals surface area (Å²) in [7, 11) is 0. The van der Waals surface area contributed by atoms with Crippen LogP contribution in [0.15, 0.2) is 30.3 Å². The fraction of sp³-hybridized carbons (Fsp3) is 0.227. The number of terminal acetylenes is 1. The van der Waals surface area contributed by atoms with Crippen LogP contribution in [-0.4, -0.2) is 32.6 Å². The highest BCUT2D eigenvalue weighted by Gasteiger charge is 2.19. The highest BCUT2D eigenvalue weighted by molar-refractivity contribution is 7.20. The van der Waals surface area contributed by atoms with Crippen LogP contribution in [0, 0.1) is 12.3 Å². The molecule has 0 unspecified atom stereocenters. The van der Waals surface area contributed by atoms with E-state index in [-0.39, 0.29) is 12.4 Å². The number of aromatic nitrogens is 3. The van der Waals surface area contributed by atoms with E-state index in [1.54, 1.807) is 6.07 Å². The maximum absolute atomic E-state index is 9.46. The van der Waals surface area contributed by atoms with Crippen LogP contribution in [0.4, 0.5) is 5.69 Å². The third kappa shape index (κ3) is 3.12. The first-order chi connectivity index (χ1) is 14.2. The lowest BCUT2D eigenvalue weighted by Crippen LogP contribution is -2.29. The second-order valence-electron chi connectivity index (χ2n) is 7.14. The summed E-state index contributed by atoms with van der Waals surface area (Å²) in [5.41, 5.74) is 3.90. The van der Waals surface area contributed by atoms with Crippen molar-refractivity contribution in [2.45, 2.75) is 26.1 Å². The molecule has 0 spiro atoms. The first kappa shape index (κ1) is 18.0. The van der Waals surface area contributed by atoms with Gasteiger partial charge in [0.1, 0.15) is 0 Å². The summed E-state index contributed by atoms with van der Waals surface area (Å²) in [4.78, 5) is 14.7. The van der Waals surface area contributed by atoms with Crippen molar-refractivity contribution >= 4 is 38.0 Å². The van der Waals surface area contributed by atoms with E-state index in [0.29, 0.717) is 23.1 Å². The number of nitrogens with zero attached hydrogens (tertiary/aromatic N) is 3. The summed E-state index contributed by atoms with van der Waals surface area (Å²) in [5, 5.41) is 19.0. The van der Waals surface area contributed by atoms with Crippen molar-refractivity contribution in [3.63, 3.8) is 0 Å². The summed E-state index contributed by atoms with van der Waals surface area (Å²) < 4.78 is 1.25. The molecule has 0 saturated heterocycles. The number of pyridine rings is 1. The predicted octanol–water partition coefficient (Wildman–Crippen LogP) is 3.28. The zero-order valence-corrected chi connectivity index (χ0v) is 16.7. The molecular weight excluding hydrogens is 382 g/mol. The molecular formula is C22H19N5OS. The molecule has 0 aliphatic carbocycles. The van der Waals surface area contributed by atoms with Gasteiger partial charge in [-0.1, -0.05) is 0 Å². The standard InChI is InChI=1S/C22H19N5OS/c1-3-20-25-13(11-28)8-17(27-20)16-5-4-14-15(26-16)6-7-18-21(14)22-19(29-18)10-23-12(2)9-24-22/h1,4-8,12,23-24,28H,9-11H2,2H3/t12-/m1/s1. The van der Waals surface area contributed by atoms with Gasteiger partial charge in [-0.05, 0) is 43.2 Å². The molecule has 0 saturated carbocycles. The van der Waals surface area contributed by atoms with E-state index in [4.69, 9.17) is 11.4 Å². The lowest BCUT2D eigenvalue weighted by molar-refractivity contribution is 0.276. The fourth-order valence-corrected chi connectivity index (χ4v) is 4.82. The van der Waals surface area contributed by atoms with Gasteiger partial charge in [0.15, 0.2) is 0 Å². The van der Waals surface area contributed by atoms with Crippen molar-refractivity contribution in [3.05, 3.63) is 46.7 Å². The van der Waals surface area contributed by atoms with E-state index in [1.807, 2.05) is 23.5 Å². The van der Waals surface area contributed by atoms with Crippen molar-refractivity contribution in [1.82, 2.24) is 20.3 Å². The molecule has 0 fully saturated rings. The zero-order chi connectivity index (χ0) is 20.0. The number of aliphatic hydroxyl groups is 1. The predicted molar refractivity (Wildman–Crippen MR) is 117 cm³/mol. The van der Waals surface area contributed by atoms with E-state index in [9.17, 15) is 5.11 Å². The lowest BCUT2D eigenvalue weighted by atomic mass is 10.1. The maximum Gasteiger partial charge on any atom is 0.205 e. The van der Waals surface area contributed by atoms with Crippen molar-refractivity contribution in [2.75, 3.05) is 11.9 Å². The van der Waals surface area contributed by atoms with Crippen molar-refractivity contribution in [3.8, 4) is 23.7 Å². The molecule has 1 atom stereocenters. The SMILES string of the molecule is C#Cc1nc(CO)cc(-c2ccc3c(ccc4sc5c(c43)NC[C@@H](C)NC5)n2)n1. The number of hydrogen-bond acceptors (Lipinski definition) is 7. The number of anilines is 1. The van der Waals surface area contributed by atoms with Crippen molar-refractivity contribution in [1.29, 1.82) is 0 Å². The van der Waals surface area contributed by atoms with Crippen LogP contribution in [0.25, 0.3) is 32.4 Å². The van der Waals surface area contributed by atoms with Crippen LogP contribution in [0.2, 0.25) is 0 Å². The molecule has 3 N–H and O–H groups in total. The highest BCUT2D eigenvalue weighted by Crippen LogP contribution is 2.41. The molecule has 0 amide bonds. The van der Waals surface area contributed by atoms with Crippen LogP contribution >= 0.6 is 11.3 Å². The molecule has 29 heavy (non-hydrogen) atoms. The minimum absolute atomic E-state index is 0.197. The molecule has 144 valence electrons. The summed E-state index contributed by atoms with van der Waals surface area (Å²) in [6, 6.07) is 10.4. The Bertz CT molecular complexity index is 1290. The number of nitrogens with one attached hydrogen (secondary N) is 2.